The van der Waals surface area contributed by atoms with E-state index in [4.69, 9.17) is 4.74 Å². The van der Waals surface area contributed by atoms with Crippen LogP contribution < -0.4 is 0 Å². The summed E-state index contributed by atoms with van der Waals surface area (Å²) in [6, 6.07) is 4.55. The van der Waals surface area contributed by atoms with Crippen LogP contribution in [0.4, 0.5) is 4.39 Å². The summed E-state index contributed by atoms with van der Waals surface area (Å²) in [5, 5.41) is 0. The molecule has 0 unspecified atom stereocenters. The number of halogens is 1. The molecule has 104 valence electrons. The third-order valence-electron chi connectivity index (χ3n) is 3.78. The van der Waals surface area contributed by atoms with E-state index < -0.39 is 5.54 Å². The van der Waals surface area contributed by atoms with Crippen LogP contribution in [0.3, 0.4) is 0 Å². The number of ketones is 1. The van der Waals surface area contributed by atoms with Crippen LogP contribution in [0.15, 0.2) is 18.2 Å². The zero-order valence-corrected chi connectivity index (χ0v) is 11.7. The molecule has 3 nitrogen and oxygen atoms in total. The second kappa shape index (κ2) is 5.39. The lowest BCUT2D eigenvalue weighted by molar-refractivity contribution is -0.00430. The fraction of sp³-hybridized carbons (Fsp3) is 0.533. The van der Waals surface area contributed by atoms with Gasteiger partial charge in [-0.3, -0.25) is 9.69 Å². The predicted molar refractivity (Wildman–Crippen MR) is 71.9 cm³/mol. The van der Waals surface area contributed by atoms with E-state index in [1.54, 1.807) is 19.1 Å². The van der Waals surface area contributed by atoms with Crippen LogP contribution in [0.25, 0.3) is 0 Å². The van der Waals surface area contributed by atoms with E-state index in [2.05, 4.69) is 4.90 Å². The van der Waals surface area contributed by atoms with E-state index in [9.17, 15) is 9.18 Å². The van der Waals surface area contributed by atoms with E-state index in [1.807, 2.05) is 13.8 Å². The molecule has 0 N–H and O–H groups in total. The van der Waals surface area contributed by atoms with Gasteiger partial charge in [0.1, 0.15) is 5.82 Å². The topological polar surface area (TPSA) is 29.5 Å². The number of carbonyl (C=O) groups is 1. The third-order valence-corrected chi connectivity index (χ3v) is 3.78. The summed E-state index contributed by atoms with van der Waals surface area (Å²) >= 11 is 0. The summed E-state index contributed by atoms with van der Waals surface area (Å²) in [7, 11) is 0. The monoisotopic (exact) mass is 265 g/mol. The fourth-order valence-electron chi connectivity index (χ4n) is 2.41. The van der Waals surface area contributed by atoms with E-state index in [-0.39, 0.29) is 11.6 Å². The molecule has 1 aromatic rings. The Kier molecular flexibility index (Phi) is 4.02. The molecule has 1 fully saturated rings. The molecule has 1 aliphatic rings. The molecule has 0 atom stereocenters. The van der Waals surface area contributed by atoms with Gasteiger partial charge in [-0.2, -0.15) is 0 Å². The minimum absolute atomic E-state index is 0.0255. The van der Waals surface area contributed by atoms with Gasteiger partial charge in [-0.25, -0.2) is 4.39 Å². The second-order valence-electron chi connectivity index (χ2n) is 5.45. The number of Topliss-reactive ketones (excluding diaryl/α,β-unsaturated/α-hetero) is 1. The highest BCUT2D eigenvalue weighted by atomic mass is 19.1. The number of carbonyl (C=O) groups excluding carboxylic acids is 1. The van der Waals surface area contributed by atoms with Gasteiger partial charge in [-0.15, -0.1) is 0 Å². The van der Waals surface area contributed by atoms with Crippen molar-refractivity contribution in [3.05, 3.63) is 35.1 Å². The minimum atomic E-state index is -0.589. The zero-order valence-electron chi connectivity index (χ0n) is 11.7. The van der Waals surface area contributed by atoms with Crippen LogP contribution in [-0.4, -0.2) is 42.5 Å². The average molecular weight is 265 g/mol. The highest BCUT2D eigenvalue weighted by molar-refractivity contribution is 6.02. The maximum absolute atomic E-state index is 13.3. The van der Waals surface area contributed by atoms with Crippen LogP contribution in [0.1, 0.15) is 29.8 Å². The first-order valence-corrected chi connectivity index (χ1v) is 6.56. The average Bonchev–Trinajstić information content (AvgIpc) is 2.42. The van der Waals surface area contributed by atoms with E-state index >= 15 is 0 Å². The molecule has 1 heterocycles. The molecule has 4 heteroatoms. The summed E-state index contributed by atoms with van der Waals surface area (Å²) in [5.74, 6) is -0.252. The fourth-order valence-corrected chi connectivity index (χ4v) is 2.41. The quantitative estimate of drug-likeness (QED) is 0.786. The normalized spacial score (nSPS) is 17.5. The molecular formula is C15H20FNO2. The zero-order chi connectivity index (χ0) is 14.0. The van der Waals surface area contributed by atoms with Crippen LogP contribution >= 0.6 is 0 Å². The molecule has 1 saturated heterocycles. The molecule has 0 bridgehead atoms. The van der Waals surface area contributed by atoms with Crippen molar-refractivity contribution in [1.82, 2.24) is 4.90 Å². The molecule has 0 aromatic heterocycles. The molecule has 1 aliphatic heterocycles. The Labute approximate surface area is 113 Å². The molecule has 19 heavy (non-hydrogen) atoms. The Morgan fingerprint density at radius 2 is 1.95 bits per heavy atom. The summed E-state index contributed by atoms with van der Waals surface area (Å²) in [6.07, 6.45) is 0. The van der Waals surface area contributed by atoms with E-state index in [0.717, 1.165) is 13.1 Å². The molecule has 0 amide bonds. The van der Waals surface area contributed by atoms with Crippen molar-refractivity contribution in [3.63, 3.8) is 0 Å². The lowest BCUT2D eigenvalue weighted by atomic mass is 9.90. The van der Waals surface area contributed by atoms with E-state index in [0.29, 0.717) is 24.3 Å². The van der Waals surface area contributed by atoms with E-state index in [1.165, 1.54) is 6.07 Å². The first-order valence-electron chi connectivity index (χ1n) is 6.56. The Morgan fingerprint density at radius 3 is 2.53 bits per heavy atom. The Bertz CT molecular complexity index is 479. The number of rotatable bonds is 3. The Morgan fingerprint density at radius 1 is 1.32 bits per heavy atom. The van der Waals surface area contributed by atoms with Gasteiger partial charge in [0.15, 0.2) is 5.78 Å². The Hall–Kier alpha value is -1.26. The molecule has 0 radical (unpaired) electrons. The molecule has 0 aliphatic carbocycles. The molecule has 1 aromatic carbocycles. The summed E-state index contributed by atoms with van der Waals surface area (Å²) in [6.45, 7) is 8.31. The van der Waals surface area contributed by atoms with Gasteiger partial charge in [0.25, 0.3) is 0 Å². The highest BCUT2D eigenvalue weighted by Gasteiger charge is 2.35. The van der Waals surface area contributed by atoms with Crippen LogP contribution in [0.5, 0.6) is 0 Å². The Balaban J connectivity index is 2.23. The van der Waals surface area contributed by atoms with Crippen molar-refractivity contribution in [2.24, 2.45) is 0 Å². The number of nitrogens with zero attached hydrogens (tertiary/aromatic N) is 1. The van der Waals surface area contributed by atoms with Gasteiger partial charge < -0.3 is 4.74 Å². The van der Waals surface area contributed by atoms with Crippen molar-refractivity contribution >= 4 is 5.78 Å². The summed E-state index contributed by atoms with van der Waals surface area (Å²) in [5.41, 5.74) is 0.479. The molecule has 0 saturated carbocycles. The molecular weight excluding hydrogens is 245 g/mol. The number of hydrogen-bond donors (Lipinski definition) is 0. The van der Waals surface area contributed by atoms with Gasteiger partial charge in [0.05, 0.1) is 18.8 Å². The van der Waals surface area contributed by atoms with Crippen molar-refractivity contribution in [2.75, 3.05) is 26.3 Å². The van der Waals surface area contributed by atoms with Crippen LogP contribution in [0.2, 0.25) is 0 Å². The highest BCUT2D eigenvalue weighted by Crippen LogP contribution is 2.23. The van der Waals surface area contributed by atoms with Crippen molar-refractivity contribution in [2.45, 2.75) is 26.3 Å². The number of hydrogen-bond acceptors (Lipinski definition) is 3. The largest absolute Gasteiger partial charge is 0.379 e. The maximum atomic E-state index is 13.3. The van der Waals surface area contributed by atoms with Crippen molar-refractivity contribution in [3.8, 4) is 0 Å². The van der Waals surface area contributed by atoms with Gasteiger partial charge >= 0.3 is 0 Å². The lowest BCUT2D eigenvalue weighted by Gasteiger charge is -2.39. The summed E-state index contributed by atoms with van der Waals surface area (Å²) in [4.78, 5) is 14.7. The van der Waals surface area contributed by atoms with Crippen molar-refractivity contribution < 1.29 is 13.9 Å². The number of benzene rings is 1. The number of aryl methyl sites for hydroxylation is 1. The van der Waals surface area contributed by atoms with Gasteiger partial charge in [0, 0.05) is 18.7 Å². The number of morpholine rings is 1. The summed E-state index contributed by atoms with van der Waals surface area (Å²) < 4.78 is 18.6. The maximum Gasteiger partial charge on any atom is 0.182 e. The third kappa shape index (κ3) is 2.85. The first kappa shape index (κ1) is 14.2. The molecule has 2 rings (SSSR count). The smallest absolute Gasteiger partial charge is 0.182 e. The van der Waals surface area contributed by atoms with Crippen LogP contribution in [0, 0.1) is 12.7 Å². The van der Waals surface area contributed by atoms with Gasteiger partial charge in [-0.1, -0.05) is 0 Å². The standard InChI is InChI=1S/C15H20FNO2/c1-11-10-12(4-5-13(11)16)14(18)15(2,3)17-6-8-19-9-7-17/h4-5,10H,6-9H2,1-3H3. The number of ether oxygens (including phenoxy) is 1. The SMILES string of the molecule is Cc1cc(C(=O)C(C)(C)N2CCOCC2)ccc1F. The minimum Gasteiger partial charge on any atom is -0.379 e. The lowest BCUT2D eigenvalue weighted by Crippen LogP contribution is -2.54. The van der Waals surface area contributed by atoms with Crippen LogP contribution in [-0.2, 0) is 4.74 Å². The van der Waals surface area contributed by atoms with Gasteiger partial charge in [-0.05, 0) is 44.5 Å². The van der Waals surface area contributed by atoms with Gasteiger partial charge in [0.2, 0.25) is 0 Å². The first-order chi connectivity index (χ1) is 8.93. The second-order valence-corrected chi connectivity index (χ2v) is 5.45. The molecule has 0 spiro atoms. The predicted octanol–water partition coefficient (Wildman–Crippen LogP) is 2.43. The van der Waals surface area contributed by atoms with Crippen molar-refractivity contribution in [1.29, 1.82) is 0 Å².